The van der Waals surface area contributed by atoms with Gasteiger partial charge >= 0.3 is 6.03 Å². The van der Waals surface area contributed by atoms with Crippen LogP contribution < -0.4 is 5.32 Å². The first-order valence-electron chi connectivity index (χ1n) is 6.42. The van der Waals surface area contributed by atoms with Crippen LogP contribution in [0, 0.1) is 5.92 Å². The summed E-state index contributed by atoms with van der Waals surface area (Å²) < 4.78 is 0. The molecule has 2 aliphatic rings. The van der Waals surface area contributed by atoms with Crippen molar-refractivity contribution < 1.29 is 9.63 Å². The third kappa shape index (κ3) is 2.90. The Bertz CT molecular complexity index is 309. The Morgan fingerprint density at radius 3 is 2.76 bits per heavy atom. The summed E-state index contributed by atoms with van der Waals surface area (Å²) in [6.07, 6.45) is 3.23. The minimum Gasteiger partial charge on any atom is -0.392 e. The highest BCUT2D eigenvalue weighted by Crippen LogP contribution is 2.27. The van der Waals surface area contributed by atoms with Crippen molar-refractivity contribution in [2.75, 3.05) is 19.6 Å². The number of amides is 2. The van der Waals surface area contributed by atoms with Gasteiger partial charge in [-0.3, -0.25) is 0 Å². The quantitative estimate of drug-likeness (QED) is 0.795. The van der Waals surface area contributed by atoms with Gasteiger partial charge in [-0.2, -0.15) is 0 Å². The van der Waals surface area contributed by atoms with Crippen LogP contribution in [0.1, 0.15) is 33.1 Å². The summed E-state index contributed by atoms with van der Waals surface area (Å²) in [5.74, 6) is 0.543. The third-order valence-electron chi connectivity index (χ3n) is 3.52. The van der Waals surface area contributed by atoms with Crippen LogP contribution in [-0.4, -0.2) is 42.4 Å². The monoisotopic (exact) mass is 239 g/mol. The summed E-state index contributed by atoms with van der Waals surface area (Å²) in [6.45, 7) is 6.29. The van der Waals surface area contributed by atoms with Crippen molar-refractivity contribution in [3.63, 3.8) is 0 Å². The van der Waals surface area contributed by atoms with E-state index in [-0.39, 0.29) is 12.1 Å². The molecule has 5 heteroatoms. The number of likely N-dealkylation sites (tertiary alicyclic amines) is 1. The van der Waals surface area contributed by atoms with E-state index in [1.165, 1.54) is 0 Å². The highest BCUT2D eigenvalue weighted by molar-refractivity contribution is 5.82. The zero-order valence-electron chi connectivity index (χ0n) is 10.6. The maximum atomic E-state index is 11.6. The molecule has 2 aliphatic heterocycles. The molecule has 1 atom stereocenters. The van der Waals surface area contributed by atoms with Crippen LogP contribution in [0.5, 0.6) is 0 Å². The highest BCUT2D eigenvalue weighted by Gasteiger charge is 2.32. The van der Waals surface area contributed by atoms with Gasteiger partial charge in [-0.1, -0.05) is 5.16 Å². The lowest BCUT2D eigenvalue weighted by molar-refractivity contribution is 0.0185. The van der Waals surface area contributed by atoms with Crippen molar-refractivity contribution in [1.82, 2.24) is 10.2 Å². The van der Waals surface area contributed by atoms with E-state index in [0.717, 1.165) is 38.1 Å². The van der Waals surface area contributed by atoms with Crippen LogP contribution in [0.25, 0.3) is 0 Å². The molecular formula is C12H21N3O2. The van der Waals surface area contributed by atoms with Gasteiger partial charge in [0.25, 0.3) is 0 Å². The van der Waals surface area contributed by atoms with Crippen molar-refractivity contribution in [3.05, 3.63) is 0 Å². The lowest BCUT2D eigenvalue weighted by atomic mass is 9.89. The molecule has 1 saturated heterocycles. The summed E-state index contributed by atoms with van der Waals surface area (Å²) in [7, 11) is 0. The number of oxime groups is 1. The fourth-order valence-corrected chi connectivity index (χ4v) is 2.51. The molecule has 1 unspecified atom stereocenters. The molecule has 0 saturated carbocycles. The van der Waals surface area contributed by atoms with Crippen molar-refractivity contribution in [2.45, 2.75) is 39.2 Å². The van der Waals surface area contributed by atoms with Crippen LogP contribution in [0.2, 0.25) is 0 Å². The molecule has 0 bridgehead atoms. The zero-order chi connectivity index (χ0) is 12.3. The first kappa shape index (κ1) is 12.2. The lowest BCUT2D eigenvalue weighted by Gasteiger charge is -2.33. The zero-order valence-corrected chi connectivity index (χ0v) is 10.6. The normalized spacial score (nSPS) is 25.4. The average Bonchev–Trinajstić information content (AvgIpc) is 2.76. The van der Waals surface area contributed by atoms with Gasteiger partial charge in [0.15, 0.2) is 0 Å². The second-order valence-corrected chi connectivity index (χ2v) is 4.83. The molecule has 2 amide bonds. The number of urea groups is 1. The van der Waals surface area contributed by atoms with E-state index >= 15 is 0 Å². The number of hydrogen-bond donors (Lipinski definition) is 1. The molecule has 0 spiro atoms. The third-order valence-corrected chi connectivity index (χ3v) is 3.52. The predicted molar refractivity (Wildman–Crippen MR) is 66.0 cm³/mol. The van der Waals surface area contributed by atoms with Crippen molar-refractivity contribution in [2.24, 2.45) is 11.1 Å². The highest BCUT2D eigenvalue weighted by atomic mass is 16.6. The summed E-state index contributed by atoms with van der Waals surface area (Å²) in [6, 6.07) is 0.0609. The summed E-state index contributed by atoms with van der Waals surface area (Å²) in [5, 5.41) is 6.84. The Hall–Kier alpha value is -1.26. The molecule has 5 nitrogen and oxygen atoms in total. The number of nitrogens with one attached hydrogen (secondary N) is 1. The summed E-state index contributed by atoms with van der Waals surface area (Å²) in [4.78, 5) is 18.9. The molecule has 2 rings (SSSR count). The summed E-state index contributed by atoms with van der Waals surface area (Å²) >= 11 is 0. The Labute approximate surface area is 102 Å². The van der Waals surface area contributed by atoms with Gasteiger partial charge in [-0.05, 0) is 26.7 Å². The molecule has 1 N–H and O–H groups in total. The topological polar surface area (TPSA) is 53.9 Å². The molecular weight excluding hydrogens is 218 g/mol. The Morgan fingerprint density at radius 2 is 2.24 bits per heavy atom. The van der Waals surface area contributed by atoms with E-state index < -0.39 is 0 Å². The number of carbonyl (C=O) groups excluding carboxylic acids is 1. The van der Waals surface area contributed by atoms with E-state index in [1.54, 1.807) is 0 Å². The molecule has 1 fully saturated rings. The van der Waals surface area contributed by atoms with Crippen molar-refractivity contribution in [1.29, 1.82) is 0 Å². The molecule has 17 heavy (non-hydrogen) atoms. The maximum Gasteiger partial charge on any atom is 0.317 e. The second-order valence-electron chi connectivity index (χ2n) is 4.83. The van der Waals surface area contributed by atoms with Gasteiger partial charge in [0, 0.05) is 32.0 Å². The van der Waals surface area contributed by atoms with E-state index in [1.807, 2.05) is 18.7 Å². The van der Waals surface area contributed by atoms with Gasteiger partial charge in [-0.15, -0.1) is 0 Å². The van der Waals surface area contributed by atoms with Crippen LogP contribution in [0.3, 0.4) is 0 Å². The molecule has 0 radical (unpaired) electrons. The second kappa shape index (κ2) is 5.38. The van der Waals surface area contributed by atoms with Gasteiger partial charge in [-0.25, -0.2) is 4.79 Å². The van der Waals surface area contributed by atoms with E-state index in [4.69, 9.17) is 4.84 Å². The first-order valence-corrected chi connectivity index (χ1v) is 6.42. The number of nitrogens with zero attached hydrogens (tertiary/aromatic N) is 2. The van der Waals surface area contributed by atoms with E-state index in [0.29, 0.717) is 12.5 Å². The van der Waals surface area contributed by atoms with Gasteiger partial charge in [0.2, 0.25) is 0 Å². The number of carbonyl (C=O) groups is 1. The molecule has 0 aromatic carbocycles. The predicted octanol–water partition coefficient (Wildman–Crippen LogP) is 1.59. The van der Waals surface area contributed by atoms with Gasteiger partial charge in [0.05, 0.1) is 5.71 Å². The molecule has 2 heterocycles. The minimum atomic E-state index is 0.0609. The molecule has 96 valence electrons. The van der Waals surface area contributed by atoms with Gasteiger partial charge in [0.1, 0.15) is 6.10 Å². The largest absolute Gasteiger partial charge is 0.392 e. The van der Waals surface area contributed by atoms with Crippen LogP contribution >= 0.6 is 0 Å². The molecule has 0 aromatic rings. The smallest absolute Gasteiger partial charge is 0.317 e. The maximum absolute atomic E-state index is 11.6. The van der Waals surface area contributed by atoms with E-state index in [2.05, 4.69) is 10.5 Å². The van der Waals surface area contributed by atoms with Crippen molar-refractivity contribution in [3.8, 4) is 0 Å². The van der Waals surface area contributed by atoms with Gasteiger partial charge < -0.3 is 15.1 Å². The van der Waals surface area contributed by atoms with Crippen LogP contribution in [0.15, 0.2) is 5.16 Å². The minimum absolute atomic E-state index is 0.0609. The van der Waals surface area contributed by atoms with E-state index in [9.17, 15) is 4.79 Å². The fraction of sp³-hybridized carbons (Fsp3) is 0.833. The number of hydrogen-bond acceptors (Lipinski definition) is 3. The SMILES string of the molecule is CCNC(=O)N1CCC(C2CC(C)=NO2)CC1. The van der Waals surface area contributed by atoms with Crippen LogP contribution in [-0.2, 0) is 4.84 Å². The number of rotatable bonds is 2. The number of piperidine rings is 1. The first-order chi connectivity index (χ1) is 8.20. The molecule has 0 aliphatic carbocycles. The van der Waals surface area contributed by atoms with Crippen LogP contribution in [0.4, 0.5) is 4.79 Å². The fourth-order valence-electron chi connectivity index (χ4n) is 2.51. The summed E-state index contributed by atoms with van der Waals surface area (Å²) in [5.41, 5.74) is 1.08. The van der Waals surface area contributed by atoms with Crippen molar-refractivity contribution >= 4 is 11.7 Å². The Balaban J connectivity index is 1.76. The standard InChI is InChI=1S/C12H21N3O2/c1-3-13-12(16)15-6-4-10(5-7-15)11-8-9(2)14-17-11/h10-11H,3-8H2,1-2H3,(H,13,16). The lowest BCUT2D eigenvalue weighted by Crippen LogP contribution is -2.45. The molecule has 0 aromatic heterocycles. The Kier molecular flexibility index (Phi) is 3.86. The Morgan fingerprint density at radius 1 is 1.53 bits per heavy atom. The average molecular weight is 239 g/mol.